The molecule has 0 atom stereocenters. The lowest BCUT2D eigenvalue weighted by molar-refractivity contribution is 0.0981. The van der Waals surface area contributed by atoms with Gasteiger partial charge >= 0.3 is 6.03 Å². The van der Waals surface area contributed by atoms with Crippen molar-refractivity contribution in [3.63, 3.8) is 0 Å². The summed E-state index contributed by atoms with van der Waals surface area (Å²) in [5.74, 6) is -0.689. The summed E-state index contributed by atoms with van der Waals surface area (Å²) in [6, 6.07) is 12.1. The van der Waals surface area contributed by atoms with Gasteiger partial charge in [-0.05, 0) is 48.7 Å². The van der Waals surface area contributed by atoms with Crippen molar-refractivity contribution in [2.45, 2.75) is 12.8 Å². The Balaban J connectivity index is 1.33. The standard InChI is InChI=1S/C23H23N5O4S2/c1-34(31,32)27-21(29)18-7-5-17(6-8-18)20-15-25-22(33-20)26-23(30)28-12-9-16(10-13-28)14-19-4-2-3-11-24-19/h2-8,11,14-15H,9-10,12-13H2,1H3,(H,27,29)(H,25,26,30). The Bertz CT molecular complexity index is 1310. The zero-order valence-corrected chi connectivity index (χ0v) is 20.0. The molecule has 0 unspecified atom stereocenters. The van der Waals surface area contributed by atoms with Crippen LogP contribution in [0.4, 0.5) is 9.93 Å². The van der Waals surface area contributed by atoms with Gasteiger partial charge in [-0.15, -0.1) is 0 Å². The third kappa shape index (κ3) is 6.27. The lowest BCUT2D eigenvalue weighted by Gasteiger charge is -2.28. The van der Waals surface area contributed by atoms with Crippen LogP contribution in [0, 0.1) is 0 Å². The van der Waals surface area contributed by atoms with E-state index in [0.29, 0.717) is 18.2 Å². The summed E-state index contributed by atoms with van der Waals surface area (Å²) in [6.07, 6.45) is 8.02. The monoisotopic (exact) mass is 497 g/mol. The summed E-state index contributed by atoms with van der Waals surface area (Å²) in [7, 11) is -3.63. The lowest BCUT2D eigenvalue weighted by atomic mass is 10.0. The Morgan fingerprint density at radius 3 is 2.44 bits per heavy atom. The number of anilines is 1. The van der Waals surface area contributed by atoms with E-state index in [0.717, 1.165) is 35.2 Å². The maximum absolute atomic E-state index is 12.7. The van der Waals surface area contributed by atoms with Gasteiger partial charge in [0.15, 0.2) is 5.13 Å². The number of nitrogens with one attached hydrogen (secondary N) is 2. The van der Waals surface area contributed by atoms with Crippen LogP contribution in [0.25, 0.3) is 16.5 Å². The smallest absolute Gasteiger partial charge is 0.323 e. The maximum atomic E-state index is 12.7. The van der Waals surface area contributed by atoms with Crippen LogP contribution < -0.4 is 10.0 Å². The van der Waals surface area contributed by atoms with Gasteiger partial charge < -0.3 is 4.90 Å². The van der Waals surface area contributed by atoms with Crippen molar-refractivity contribution in [3.8, 4) is 10.4 Å². The summed E-state index contributed by atoms with van der Waals surface area (Å²) in [4.78, 5) is 35.8. The molecule has 9 nitrogen and oxygen atoms in total. The van der Waals surface area contributed by atoms with Crippen LogP contribution >= 0.6 is 11.3 Å². The lowest BCUT2D eigenvalue weighted by Crippen LogP contribution is -2.39. The summed E-state index contributed by atoms with van der Waals surface area (Å²) in [5.41, 5.74) is 3.23. The Labute approximate surface area is 201 Å². The first kappa shape index (κ1) is 23.6. The molecule has 3 amide bonds. The number of pyridine rings is 1. The SMILES string of the molecule is CS(=O)(=O)NC(=O)c1ccc(-c2cnc(NC(=O)N3CCC(=Cc4ccccn4)CC3)s2)cc1. The first-order chi connectivity index (χ1) is 16.3. The second kappa shape index (κ2) is 10.1. The van der Waals surface area contributed by atoms with Gasteiger partial charge in [-0.3, -0.25) is 15.1 Å². The van der Waals surface area contributed by atoms with Gasteiger partial charge in [-0.2, -0.15) is 0 Å². The number of urea groups is 1. The number of likely N-dealkylation sites (tertiary alicyclic amines) is 1. The van der Waals surface area contributed by atoms with Gasteiger partial charge in [-0.1, -0.05) is 35.1 Å². The zero-order valence-electron chi connectivity index (χ0n) is 18.4. The number of hydrogen-bond acceptors (Lipinski definition) is 7. The number of piperidine rings is 1. The summed E-state index contributed by atoms with van der Waals surface area (Å²) < 4.78 is 24.4. The van der Waals surface area contributed by atoms with Crippen LogP contribution in [0.2, 0.25) is 0 Å². The molecule has 1 aromatic carbocycles. The van der Waals surface area contributed by atoms with Crippen molar-refractivity contribution in [2.75, 3.05) is 24.7 Å². The van der Waals surface area contributed by atoms with E-state index in [-0.39, 0.29) is 11.6 Å². The number of carbonyl (C=O) groups is 2. The third-order valence-corrected chi connectivity index (χ3v) is 6.68. The second-order valence-electron chi connectivity index (χ2n) is 7.78. The molecule has 1 fully saturated rings. The summed E-state index contributed by atoms with van der Waals surface area (Å²) in [5, 5.41) is 3.33. The number of hydrogen-bond donors (Lipinski definition) is 2. The van der Waals surface area contributed by atoms with Gasteiger partial charge in [0.05, 0.1) is 16.8 Å². The van der Waals surface area contributed by atoms with E-state index in [4.69, 9.17) is 0 Å². The largest absolute Gasteiger partial charge is 0.324 e. The van der Waals surface area contributed by atoms with Crippen LogP contribution in [0.15, 0.2) is 60.4 Å². The molecule has 11 heteroatoms. The zero-order chi connectivity index (χ0) is 24.1. The Morgan fingerprint density at radius 1 is 1.06 bits per heavy atom. The number of carbonyl (C=O) groups excluding carboxylic acids is 2. The average molecular weight is 498 g/mol. The first-order valence-electron chi connectivity index (χ1n) is 10.5. The molecule has 0 radical (unpaired) electrons. The molecule has 2 N–H and O–H groups in total. The fraction of sp³-hybridized carbons (Fsp3) is 0.217. The fourth-order valence-electron chi connectivity index (χ4n) is 3.46. The maximum Gasteiger partial charge on any atom is 0.323 e. The van der Waals surface area contributed by atoms with E-state index < -0.39 is 15.9 Å². The van der Waals surface area contributed by atoms with Gasteiger partial charge in [-0.25, -0.2) is 22.9 Å². The number of sulfonamides is 1. The minimum Gasteiger partial charge on any atom is -0.324 e. The van der Waals surface area contributed by atoms with E-state index in [1.807, 2.05) is 22.9 Å². The molecule has 0 bridgehead atoms. The number of benzene rings is 1. The molecule has 2 aromatic heterocycles. The molecule has 0 saturated carbocycles. The Kier molecular flexibility index (Phi) is 7.03. The Hall–Kier alpha value is -3.57. The molecule has 176 valence electrons. The molecular weight excluding hydrogens is 474 g/mol. The number of nitrogens with zero attached hydrogens (tertiary/aromatic N) is 3. The quantitative estimate of drug-likeness (QED) is 0.555. The second-order valence-corrected chi connectivity index (χ2v) is 10.6. The molecule has 34 heavy (non-hydrogen) atoms. The van der Waals surface area contributed by atoms with Crippen LogP contribution in [-0.2, 0) is 10.0 Å². The van der Waals surface area contributed by atoms with Crippen LogP contribution in [0.5, 0.6) is 0 Å². The molecule has 3 aromatic rings. The minimum absolute atomic E-state index is 0.189. The number of aromatic nitrogens is 2. The van der Waals surface area contributed by atoms with Crippen LogP contribution in [0.3, 0.4) is 0 Å². The highest BCUT2D eigenvalue weighted by molar-refractivity contribution is 7.89. The van der Waals surface area contributed by atoms with E-state index in [9.17, 15) is 18.0 Å². The summed E-state index contributed by atoms with van der Waals surface area (Å²) in [6.45, 7) is 1.25. The van der Waals surface area contributed by atoms with Crippen molar-refractivity contribution >= 4 is 44.5 Å². The van der Waals surface area contributed by atoms with Crippen molar-refractivity contribution in [1.29, 1.82) is 0 Å². The topological polar surface area (TPSA) is 121 Å². The normalized spacial score (nSPS) is 13.9. The van der Waals surface area contributed by atoms with Gasteiger partial charge in [0.1, 0.15) is 0 Å². The Morgan fingerprint density at radius 2 is 1.79 bits per heavy atom. The van der Waals surface area contributed by atoms with Gasteiger partial charge in [0.2, 0.25) is 10.0 Å². The van der Waals surface area contributed by atoms with Crippen LogP contribution in [0.1, 0.15) is 28.9 Å². The third-order valence-electron chi connectivity index (χ3n) is 5.16. The van der Waals surface area contributed by atoms with E-state index in [1.54, 1.807) is 29.4 Å². The minimum atomic E-state index is -3.63. The van der Waals surface area contributed by atoms with Gasteiger partial charge in [0.25, 0.3) is 5.91 Å². The van der Waals surface area contributed by atoms with Crippen LogP contribution in [-0.4, -0.2) is 54.6 Å². The van der Waals surface area contributed by atoms with E-state index in [1.165, 1.54) is 29.0 Å². The highest BCUT2D eigenvalue weighted by Crippen LogP contribution is 2.29. The van der Waals surface area contributed by atoms with Crippen molar-refractivity contribution in [2.24, 2.45) is 0 Å². The fourth-order valence-corrected chi connectivity index (χ4v) is 4.73. The highest BCUT2D eigenvalue weighted by atomic mass is 32.2. The predicted octanol–water partition coefficient (Wildman–Crippen LogP) is 3.61. The van der Waals surface area contributed by atoms with Crippen molar-refractivity contribution in [1.82, 2.24) is 19.6 Å². The number of thiazole rings is 1. The van der Waals surface area contributed by atoms with Crippen molar-refractivity contribution in [3.05, 3.63) is 71.7 Å². The molecule has 0 aliphatic carbocycles. The number of rotatable bonds is 5. The predicted molar refractivity (Wildman–Crippen MR) is 132 cm³/mol. The first-order valence-corrected chi connectivity index (χ1v) is 13.2. The molecule has 1 aliphatic rings. The number of amides is 3. The van der Waals surface area contributed by atoms with Crippen molar-refractivity contribution < 1.29 is 18.0 Å². The summed E-state index contributed by atoms with van der Waals surface area (Å²) >= 11 is 1.32. The molecule has 1 saturated heterocycles. The average Bonchev–Trinajstić information content (AvgIpc) is 3.27. The molecular formula is C23H23N5O4S2. The highest BCUT2D eigenvalue weighted by Gasteiger charge is 2.20. The molecule has 3 heterocycles. The molecule has 4 rings (SSSR count). The molecule has 0 spiro atoms. The van der Waals surface area contributed by atoms with Gasteiger partial charge in [0, 0.05) is 31.0 Å². The van der Waals surface area contributed by atoms with E-state index in [2.05, 4.69) is 21.4 Å². The molecule has 1 aliphatic heterocycles. The van der Waals surface area contributed by atoms with E-state index >= 15 is 0 Å².